The number of carbonyl (C=O) groups is 2. The number of unbranched alkanes of at least 4 members (excludes halogenated alkanes) is 13. The van der Waals surface area contributed by atoms with Crippen molar-refractivity contribution in [3.05, 3.63) is 24.8 Å². The smallest absolute Gasteiger partial charge is 0.310 e. The maximum Gasteiger partial charge on any atom is 0.310 e. The lowest BCUT2D eigenvalue weighted by molar-refractivity contribution is -0.149. The Kier molecular flexibility index (Phi) is 19.0. The van der Waals surface area contributed by atoms with E-state index in [2.05, 4.69) is 13.5 Å². The zero-order valence-corrected chi connectivity index (χ0v) is 18.0. The predicted octanol–water partition coefficient (Wildman–Crippen LogP) is 6.84. The van der Waals surface area contributed by atoms with Gasteiger partial charge in [-0.05, 0) is 12.8 Å². The Labute approximate surface area is 172 Å². The molecule has 0 aliphatic heterocycles. The van der Waals surface area contributed by atoms with E-state index in [9.17, 15) is 14.7 Å². The Morgan fingerprint density at radius 2 is 1.39 bits per heavy atom. The summed E-state index contributed by atoms with van der Waals surface area (Å²) in [5, 5.41) is 9.18. The van der Waals surface area contributed by atoms with Gasteiger partial charge < -0.3 is 9.84 Å². The van der Waals surface area contributed by atoms with E-state index in [1.54, 1.807) is 6.08 Å². The van der Waals surface area contributed by atoms with E-state index in [-0.39, 0.29) is 13.0 Å². The van der Waals surface area contributed by atoms with Crippen LogP contribution in [0.5, 0.6) is 0 Å². The van der Waals surface area contributed by atoms with Gasteiger partial charge in [-0.15, -0.1) is 0 Å². The molecule has 0 saturated heterocycles. The topological polar surface area (TPSA) is 63.6 Å². The number of esters is 1. The number of hydrogen-bond acceptors (Lipinski definition) is 3. The lowest BCUT2D eigenvalue weighted by atomic mass is 10.0. The van der Waals surface area contributed by atoms with E-state index in [0.29, 0.717) is 0 Å². The van der Waals surface area contributed by atoms with Crippen LogP contribution in [0.1, 0.15) is 103 Å². The van der Waals surface area contributed by atoms with Gasteiger partial charge in [-0.2, -0.15) is 0 Å². The fourth-order valence-electron chi connectivity index (χ4n) is 3.17. The summed E-state index contributed by atoms with van der Waals surface area (Å²) >= 11 is 0. The van der Waals surface area contributed by atoms with Gasteiger partial charge in [0, 0.05) is 0 Å². The minimum absolute atomic E-state index is 0.119. The monoisotopic (exact) mass is 394 g/mol. The van der Waals surface area contributed by atoms with Gasteiger partial charge in [-0.1, -0.05) is 109 Å². The number of carboxylic acids is 1. The summed E-state index contributed by atoms with van der Waals surface area (Å²) in [6.45, 7) is 5.84. The molecule has 0 radical (unpaired) electrons. The third kappa shape index (κ3) is 17.8. The summed E-state index contributed by atoms with van der Waals surface area (Å²) in [6, 6.07) is 0. The zero-order valence-electron chi connectivity index (χ0n) is 18.0. The second kappa shape index (κ2) is 20.2. The molecule has 0 rings (SSSR count). The number of carbonyl (C=O) groups excluding carboxylic acids is 1. The highest BCUT2D eigenvalue weighted by atomic mass is 16.5. The van der Waals surface area contributed by atoms with Crippen LogP contribution >= 0.6 is 0 Å². The SMILES string of the molecule is C=CCOC(=O)CC(/C=C/CCCCCCCCCCCCCCC)C(=O)O. The fraction of sp³-hybridized carbons (Fsp3) is 0.750. The van der Waals surface area contributed by atoms with Gasteiger partial charge in [0.15, 0.2) is 0 Å². The maximum atomic E-state index is 11.5. The molecule has 162 valence electrons. The lowest BCUT2D eigenvalue weighted by Gasteiger charge is -2.07. The molecule has 1 unspecified atom stereocenters. The van der Waals surface area contributed by atoms with Gasteiger partial charge in [0.2, 0.25) is 0 Å². The lowest BCUT2D eigenvalue weighted by Crippen LogP contribution is -2.17. The van der Waals surface area contributed by atoms with Crippen molar-refractivity contribution in [1.29, 1.82) is 0 Å². The van der Waals surface area contributed by atoms with Gasteiger partial charge in [0.25, 0.3) is 0 Å². The van der Waals surface area contributed by atoms with Crippen LogP contribution in [0.2, 0.25) is 0 Å². The summed E-state index contributed by atoms with van der Waals surface area (Å²) < 4.78 is 4.85. The van der Waals surface area contributed by atoms with Crippen molar-refractivity contribution in [3.63, 3.8) is 0 Å². The molecule has 4 heteroatoms. The van der Waals surface area contributed by atoms with E-state index in [1.165, 1.54) is 83.1 Å². The fourth-order valence-corrected chi connectivity index (χ4v) is 3.17. The largest absolute Gasteiger partial charge is 0.481 e. The molecule has 0 fully saturated rings. The van der Waals surface area contributed by atoms with Crippen molar-refractivity contribution in [2.24, 2.45) is 5.92 Å². The first-order chi connectivity index (χ1) is 13.6. The number of hydrogen-bond donors (Lipinski definition) is 1. The standard InChI is InChI=1S/C24H42O4/c1-3-5-6-7-8-9-10-11-12-13-14-15-16-17-18-19-22(24(26)27)21-23(25)28-20-4-2/h4,18-19,22H,2-3,5-17,20-21H2,1H3,(H,26,27)/b19-18+. The van der Waals surface area contributed by atoms with E-state index in [1.807, 2.05) is 6.08 Å². The summed E-state index contributed by atoms with van der Waals surface area (Å²) in [5.41, 5.74) is 0. The van der Waals surface area contributed by atoms with Crippen LogP contribution in [-0.2, 0) is 14.3 Å². The van der Waals surface area contributed by atoms with Gasteiger partial charge in [-0.25, -0.2) is 0 Å². The molecule has 0 aromatic rings. The zero-order chi connectivity index (χ0) is 20.9. The van der Waals surface area contributed by atoms with Crippen LogP contribution in [0, 0.1) is 5.92 Å². The van der Waals surface area contributed by atoms with Crippen molar-refractivity contribution in [2.75, 3.05) is 6.61 Å². The van der Waals surface area contributed by atoms with Crippen LogP contribution in [0.4, 0.5) is 0 Å². The van der Waals surface area contributed by atoms with Crippen LogP contribution in [0.25, 0.3) is 0 Å². The van der Waals surface area contributed by atoms with Gasteiger partial charge in [-0.3, -0.25) is 9.59 Å². The number of rotatable bonds is 20. The highest BCUT2D eigenvalue weighted by Gasteiger charge is 2.18. The normalized spacial score (nSPS) is 12.2. The van der Waals surface area contributed by atoms with E-state index < -0.39 is 17.9 Å². The van der Waals surface area contributed by atoms with Crippen LogP contribution in [-0.4, -0.2) is 23.7 Å². The number of ether oxygens (including phenoxy) is 1. The third-order valence-electron chi connectivity index (χ3n) is 4.91. The second-order valence-corrected chi connectivity index (χ2v) is 7.58. The van der Waals surface area contributed by atoms with Gasteiger partial charge in [0.05, 0.1) is 12.3 Å². The molecule has 0 amide bonds. The quantitative estimate of drug-likeness (QED) is 0.139. The maximum absolute atomic E-state index is 11.5. The first-order valence-corrected chi connectivity index (χ1v) is 11.3. The Balaban J connectivity index is 3.57. The molecule has 1 atom stereocenters. The summed E-state index contributed by atoms with van der Waals surface area (Å²) in [7, 11) is 0. The molecule has 1 N–H and O–H groups in total. The molecule has 0 aliphatic rings. The molecule has 0 aromatic carbocycles. The molecule has 28 heavy (non-hydrogen) atoms. The average molecular weight is 395 g/mol. The number of aliphatic carboxylic acids is 1. The number of allylic oxidation sites excluding steroid dienone is 1. The van der Waals surface area contributed by atoms with Crippen molar-refractivity contribution >= 4 is 11.9 Å². The van der Waals surface area contributed by atoms with Crippen molar-refractivity contribution in [2.45, 2.75) is 103 Å². The molecule has 0 spiro atoms. The molecule has 4 nitrogen and oxygen atoms in total. The predicted molar refractivity (Wildman–Crippen MR) is 116 cm³/mol. The summed E-state index contributed by atoms with van der Waals surface area (Å²) in [4.78, 5) is 22.7. The average Bonchev–Trinajstić information content (AvgIpc) is 2.68. The van der Waals surface area contributed by atoms with Gasteiger partial charge in [0.1, 0.15) is 6.61 Å². The first-order valence-electron chi connectivity index (χ1n) is 11.3. The van der Waals surface area contributed by atoms with Crippen molar-refractivity contribution in [3.8, 4) is 0 Å². The molecule has 0 bridgehead atoms. The Morgan fingerprint density at radius 1 is 0.893 bits per heavy atom. The van der Waals surface area contributed by atoms with Crippen molar-refractivity contribution in [1.82, 2.24) is 0 Å². The molecule has 0 heterocycles. The minimum Gasteiger partial charge on any atom is -0.481 e. The summed E-state index contributed by atoms with van der Waals surface area (Å²) in [6.07, 6.45) is 22.9. The summed E-state index contributed by atoms with van der Waals surface area (Å²) in [5.74, 6) is -2.30. The first kappa shape index (κ1) is 26.4. The molecule has 0 saturated carbocycles. The molecular formula is C24H42O4. The van der Waals surface area contributed by atoms with Crippen molar-refractivity contribution < 1.29 is 19.4 Å². The van der Waals surface area contributed by atoms with E-state index in [0.717, 1.165) is 12.8 Å². The van der Waals surface area contributed by atoms with Crippen LogP contribution in [0.3, 0.4) is 0 Å². The van der Waals surface area contributed by atoms with Crippen LogP contribution in [0.15, 0.2) is 24.8 Å². The number of carboxylic acid groups (broad SMARTS) is 1. The Hall–Kier alpha value is -1.58. The minimum atomic E-state index is -0.989. The molecular weight excluding hydrogens is 352 g/mol. The van der Waals surface area contributed by atoms with E-state index >= 15 is 0 Å². The van der Waals surface area contributed by atoms with Gasteiger partial charge >= 0.3 is 11.9 Å². The molecule has 0 aromatic heterocycles. The Morgan fingerprint density at radius 3 is 1.86 bits per heavy atom. The highest BCUT2D eigenvalue weighted by Crippen LogP contribution is 2.14. The second-order valence-electron chi connectivity index (χ2n) is 7.58. The highest BCUT2D eigenvalue weighted by molar-refractivity contribution is 5.80. The Bertz CT molecular complexity index is 428. The van der Waals surface area contributed by atoms with E-state index in [4.69, 9.17) is 4.74 Å². The molecule has 0 aliphatic carbocycles. The third-order valence-corrected chi connectivity index (χ3v) is 4.91. The van der Waals surface area contributed by atoms with Crippen LogP contribution < -0.4 is 0 Å².